The van der Waals surface area contributed by atoms with E-state index in [1.807, 2.05) is 39.0 Å². The van der Waals surface area contributed by atoms with E-state index in [2.05, 4.69) is 22.2 Å². The van der Waals surface area contributed by atoms with Crippen LogP contribution in [0.2, 0.25) is 0 Å². The first-order valence-electron chi connectivity index (χ1n) is 9.62. The van der Waals surface area contributed by atoms with Crippen LogP contribution in [-0.2, 0) is 11.2 Å². The van der Waals surface area contributed by atoms with E-state index >= 15 is 0 Å². The number of hydrogen-bond acceptors (Lipinski definition) is 4. The second-order valence-electron chi connectivity index (χ2n) is 6.59. The Balaban J connectivity index is 2.71. The van der Waals surface area contributed by atoms with Gasteiger partial charge in [-0.25, -0.2) is 4.99 Å². The lowest BCUT2D eigenvalue weighted by molar-refractivity contribution is -0.127. The largest absolute Gasteiger partial charge is 0.490 e. The molecule has 7 heteroatoms. The van der Waals surface area contributed by atoms with Gasteiger partial charge in [-0.2, -0.15) is 0 Å². The Bertz CT molecular complexity index is 672. The predicted molar refractivity (Wildman–Crippen MR) is 114 cm³/mol. The van der Waals surface area contributed by atoms with Gasteiger partial charge in [0, 0.05) is 27.2 Å². The number of guanidine groups is 1. The summed E-state index contributed by atoms with van der Waals surface area (Å²) < 4.78 is 11.3. The van der Waals surface area contributed by atoms with E-state index in [0.29, 0.717) is 32.3 Å². The maximum absolute atomic E-state index is 11.8. The minimum Gasteiger partial charge on any atom is -0.490 e. The summed E-state index contributed by atoms with van der Waals surface area (Å²) >= 11 is 0. The van der Waals surface area contributed by atoms with Gasteiger partial charge in [-0.15, -0.1) is 0 Å². The van der Waals surface area contributed by atoms with Crippen LogP contribution in [0.1, 0.15) is 26.3 Å². The second kappa shape index (κ2) is 12.6. The van der Waals surface area contributed by atoms with Crippen molar-refractivity contribution in [2.45, 2.75) is 27.2 Å². The van der Waals surface area contributed by atoms with Gasteiger partial charge in [0.2, 0.25) is 5.91 Å². The number of rotatable bonds is 11. The van der Waals surface area contributed by atoms with E-state index in [0.717, 1.165) is 29.1 Å². The van der Waals surface area contributed by atoms with Gasteiger partial charge >= 0.3 is 0 Å². The molecule has 2 N–H and O–H groups in total. The number of ether oxygens (including phenoxy) is 2. The third-order valence-electron chi connectivity index (χ3n) is 3.74. The average Bonchev–Trinajstić information content (AvgIpc) is 2.65. The summed E-state index contributed by atoms with van der Waals surface area (Å²) in [4.78, 5) is 17.7. The lowest BCUT2D eigenvalue weighted by atomic mass is 10.1. The highest BCUT2D eigenvalue weighted by atomic mass is 16.5. The molecule has 0 fully saturated rings. The van der Waals surface area contributed by atoms with Crippen molar-refractivity contribution in [3.63, 3.8) is 0 Å². The number of nitrogens with one attached hydrogen (secondary N) is 2. The molecule has 1 aromatic carbocycles. The first-order chi connectivity index (χ1) is 13.4. The lowest BCUT2D eigenvalue weighted by Crippen LogP contribution is -2.40. The number of carbonyl (C=O) groups is 1. The topological polar surface area (TPSA) is 75.2 Å². The molecule has 0 aliphatic heterocycles. The Morgan fingerprint density at radius 1 is 1.14 bits per heavy atom. The van der Waals surface area contributed by atoms with Gasteiger partial charge in [-0.1, -0.05) is 18.2 Å². The first kappa shape index (κ1) is 23.3. The van der Waals surface area contributed by atoms with E-state index < -0.39 is 0 Å². The maximum atomic E-state index is 11.8. The number of amides is 1. The zero-order valence-electron chi connectivity index (χ0n) is 17.8. The molecule has 0 saturated heterocycles. The highest BCUT2D eigenvalue weighted by Gasteiger charge is 2.07. The van der Waals surface area contributed by atoms with Crippen molar-refractivity contribution < 1.29 is 14.3 Å². The fraction of sp³-hybridized carbons (Fsp3) is 0.524. The molecule has 28 heavy (non-hydrogen) atoms. The number of hydrogen-bond donors (Lipinski definition) is 2. The molecule has 0 bridgehead atoms. The third kappa shape index (κ3) is 8.79. The molecule has 1 amide bonds. The van der Waals surface area contributed by atoms with E-state index in [4.69, 9.17) is 9.47 Å². The second-order valence-corrected chi connectivity index (χ2v) is 6.59. The number of likely N-dealkylation sites (N-methyl/N-ethyl adjacent to an activating group) is 1. The summed E-state index contributed by atoms with van der Waals surface area (Å²) in [5.41, 5.74) is 2.12. The van der Waals surface area contributed by atoms with Crippen molar-refractivity contribution in [3.05, 3.63) is 35.9 Å². The van der Waals surface area contributed by atoms with Gasteiger partial charge in [0.1, 0.15) is 6.54 Å². The zero-order valence-corrected chi connectivity index (χ0v) is 17.8. The standard InChI is InChI=1S/C21H34N4O3/c1-7-27-18-10-9-17(13-19(18)28-8-2)11-12-22-21(23-14-16(3)4)24-15-20(26)25(5)6/h9-10,13H,3,7-8,11-12,14-15H2,1-2,4-6H3,(H2,22,23,24). The Kier molecular flexibility index (Phi) is 10.5. The number of carbonyl (C=O) groups excluding carboxylic acids is 1. The molecule has 1 rings (SSSR count). The van der Waals surface area contributed by atoms with Crippen LogP contribution in [0, 0.1) is 0 Å². The van der Waals surface area contributed by atoms with Crippen molar-refractivity contribution in [1.29, 1.82) is 0 Å². The van der Waals surface area contributed by atoms with Crippen molar-refractivity contribution in [2.75, 3.05) is 46.9 Å². The molecule has 156 valence electrons. The van der Waals surface area contributed by atoms with Crippen molar-refractivity contribution >= 4 is 11.9 Å². The Morgan fingerprint density at radius 2 is 1.82 bits per heavy atom. The van der Waals surface area contributed by atoms with Gasteiger partial charge in [-0.05, 0) is 44.9 Å². The zero-order chi connectivity index (χ0) is 20.9. The van der Waals surface area contributed by atoms with Gasteiger partial charge < -0.3 is 25.0 Å². The quantitative estimate of drug-likeness (QED) is 0.344. The number of nitrogens with zero attached hydrogens (tertiary/aromatic N) is 2. The fourth-order valence-corrected chi connectivity index (χ4v) is 2.27. The summed E-state index contributed by atoms with van der Waals surface area (Å²) in [6.07, 6.45) is 0.780. The van der Waals surface area contributed by atoms with Gasteiger partial charge in [0.25, 0.3) is 0 Å². The van der Waals surface area contributed by atoms with Crippen LogP contribution in [0.4, 0.5) is 0 Å². The molecule has 0 aliphatic rings. The molecule has 0 spiro atoms. The smallest absolute Gasteiger partial charge is 0.243 e. The number of aliphatic imine (C=N–C) groups is 1. The predicted octanol–water partition coefficient (Wildman–Crippen LogP) is 2.23. The molecule has 0 unspecified atom stereocenters. The van der Waals surface area contributed by atoms with Crippen molar-refractivity contribution in [3.8, 4) is 11.5 Å². The summed E-state index contributed by atoms with van der Waals surface area (Å²) in [6.45, 7) is 12.3. The first-order valence-corrected chi connectivity index (χ1v) is 9.62. The molecular formula is C21H34N4O3. The Morgan fingerprint density at radius 3 is 2.43 bits per heavy atom. The van der Waals surface area contributed by atoms with Crippen molar-refractivity contribution in [2.24, 2.45) is 4.99 Å². The van der Waals surface area contributed by atoms with Crippen LogP contribution in [0.15, 0.2) is 35.3 Å². The highest BCUT2D eigenvalue weighted by molar-refractivity contribution is 5.84. The monoisotopic (exact) mass is 390 g/mol. The van der Waals surface area contributed by atoms with Crippen molar-refractivity contribution in [1.82, 2.24) is 15.5 Å². The highest BCUT2D eigenvalue weighted by Crippen LogP contribution is 2.28. The van der Waals surface area contributed by atoms with E-state index in [-0.39, 0.29) is 12.5 Å². The molecule has 0 radical (unpaired) electrons. The summed E-state index contributed by atoms with van der Waals surface area (Å²) in [5, 5.41) is 6.45. The summed E-state index contributed by atoms with van der Waals surface area (Å²) in [7, 11) is 3.43. The molecule has 7 nitrogen and oxygen atoms in total. The number of benzene rings is 1. The molecule has 0 aliphatic carbocycles. The molecule has 0 saturated carbocycles. The Hall–Kier alpha value is -2.70. The summed E-state index contributed by atoms with van der Waals surface area (Å²) in [6, 6.07) is 5.97. The van der Waals surface area contributed by atoms with Gasteiger partial charge in [0.15, 0.2) is 17.5 Å². The molecular weight excluding hydrogens is 356 g/mol. The minimum absolute atomic E-state index is 0.0516. The fourth-order valence-electron chi connectivity index (χ4n) is 2.27. The summed E-state index contributed by atoms with van der Waals surface area (Å²) in [5.74, 6) is 2.06. The van der Waals surface area contributed by atoms with Crippen LogP contribution < -0.4 is 20.1 Å². The van der Waals surface area contributed by atoms with E-state index in [1.54, 1.807) is 14.1 Å². The van der Waals surface area contributed by atoms with Crippen LogP contribution in [0.5, 0.6) is 11.5 Å². The molecule has 0 aromatic heterocycles. The maximum Gasteiger partial charge on any atom is 0.243 e. The van der Waals surface area contributed by atoms with E-state index in [1.165, 1.54) is 4.90 Å². The van der Waals surface area contributed by atoms with Crippen LogP contribution in [0.25, 0.3) is 0 Å². The molecule has 0 heterocycles. The van der Waals surface area contributed by atoms with Crippen LogP contribution >= 0.6 is 0 Å². The lowest BCUT2D eigenvalue weighted by Gasteiger charge is -2.15. The third-order valence-corrected chi connectivity index (χ3v) is 3.74. The van der Waals surface area contributed by atoms with Gasteiger partial charge in [0.05, 0.1) is 13.2 Å². The normalized spacial score (nSPS) is 11.0. The average molecular weight is 391 g/mol. The van der Waals surface area contributed by atoms with Crippen LogP contribution in [-0.4, -0.2) is 63.7 Å². The molecule has 1 aromatic rings. The van der Waals surface area contributed by atoms with E-state index in [9.17, 15) is 4.79 Å². The van der Waals surface area contributed by atoms with Gasteiger partial charge in [-0.3, -0.25) is 4.79 Å². The Labute approximate surface area is 168 Å². The van der Waals surface area contributed by atoms with Crippen LogP contribution in [0.3, 0.4) is 0 Å². The minimum atomic E-state index is -0.0516. The SMILES string of the molecule is C=C(C)CNC(=NCC(=O)N(C)C)NCCc1ccc(OCC)c(OCC)c1. The molecule has 0 atom stereocenters.